The van der Waals surface area contributed by atoms with Gasteiger partial charge in [0.05, 0.1) is 9.85 Å². The number of nitrogens with zero attached hydrogens (tertiary/aromatic N) is 2. The summed E-state index contributed by atoms with van der Waals surface area (Å²) in [6.07, 6.45) is 0. The van der Waals surface area contributed by atoms with Crippen LogP contribution in [-0.2, 0) is 0 Å². The molecule has 0 aromatic heterocycles. The molecule has 102 valence electrons. The van der Waals surface area contributed by atoms with Gasteiger partial charge in [0.15, 0.2) is 0 Å². The van der Waals surface area contributed by atoms with Gasteiger partial charge < -0.3 is 11.5 Å². The van der Waals surface area contributed by atoms with Crippen LogP contribution >= 0.6 is 0 Å². The van der Waals surface area contributed by atoms with Crippen LogP contribution in [0.25, 0.3) is 11.1 Å². The normalized spacial score (nSPS) is 10.2. The molecule has 0 radical (unpaired) electrons. The molecule has 0 aliphatic rings. The Hall–Kier alpha value is -3.16. The maximum absolute atomic E-state index is 10.8. The molecule has 20 heavy (non-hydrogen) atoms. The number of nitrogen functional groups attached to an aromatic ring is 2. The molecule has 0 amide bonds. The third-order valence-electron chi connectivity index (χ3n) is 2.79. The van der Waals surface area contributed by atoms with E-state index < -0.39 is 9.85 Å². The summed E-state index contributed by atoms with van der Waals surface area (Å²) >= 11 is 0. The van der Waals surface area contributed by atoms with Crippen molar-refractivity contribution in [1.82, 2.24) is 0 Å². The first-order valence-electron chi connectivity index (χ1n) is 5.48. The number of nitro benzene ring substituents is 2. The van der Waals surface area contributed by atoms with Crippen molar-refractivity contribution < 1.29 is 9.85 Å². The van der Waals surface area contributed by atoms with Crippen molar-refractivity contribution in [3.63, 3.8) is 0 Å². The summed E-state index contributed by atoms with van der Waals surface area (Å²) < 4.78 is 0. The number of anilines is 2. The molecule has 0 spiro atoms. The Kier molecular flexibility index (Phi) is 3.21. The van der Waals surface area contributed by atoms with E-state index in [0.717, 1.165) is 0 Å². The van der Waals surface area contributed by atoms with Crippen LogP contribution in [0.4, 0.5) is 22.7 Å². The molecule has 0 saturated heterocycles. The Morgan fingerprint density at radius 3 is 1.40 bits per heavy atom. The average molecular weight is 274 g/mol. The maximum Gasteiger partial charge on any atom is 0.270 e. The fourth-order valence-electron chi connectivity index (χ4n) is 1.78. The van der Waals surface area contributed by atoms with Crippen molar-refractivity contribution in [2.45, 2.75) is 0 Å². The van der Waals surface area contributed by atoms with Crippen molar-refractivity contribution in [3.05, 3.63) is 56.6 Å². The molecule has 0 aliphatic carbocycles. The second-order valence-corrected chi connectivity index (χ2v) is 4.06. The largest absolute Gasteiger partial charge is 0.398 e. The molecule has 8 nitrogen and oxygen atoms in total. The highest BCUT2D eigenvalue weighted by molar-refractivity contribution is 5.86. The number of non-ortho nitro benzene ring substituents is 2. The van der Waals surface area contributed by atoms with Gasteiger partial charge in [-0.15, -0.1) is 0 Å². The molecule has 8 heteroatoms. The first-order valence-corrected chi connectivity index (χ1v) is 5.48. The van der Waals surface area contributed by atoms with E-state index in [1.807, 2.05) is 0 Å². The number of hydrogen-bond acceptors (Lipinski definition) is 6. The van der Waals surface area contributed by atoms with E-state index in [9.17, 15) is 20.2 Å². The van der Waals surface area contributed by atoms with Crippen LogP contribution in [0, 0.1) is 20.2 Å². The van der Waals surface area contributed by atoms with Crippen molar-refractivity contribution >= 4 is 22.7 Å². The van der Waals surface area contributed by atoms with E-state index in [4.69, 9.17) is 11.5 Å². The zero-order chi connectivity index (χ0) is 14.9. The molecular weight excluding hydrogens is 264 g/mol. The predicted molar refractivity (Wildman–Crippen MR) is 74.0 cm³/mol. The molecule has 0 unspecified atom stereocenters. The third-order valence-corrected chi connectivity index (χ3v) is 2.79. The fourth-order valence-corrected chi connectivity index (χ4v) is 1.78. The highest BCUT2D eigenvalue weighted by atomic mass is 16.6. The first-order chi connectivity index (χ1) is 9.40. The van der Waals surface area contributed by atoms with Crippen LogP contribution in [0.5, 0.6) is 0 Å². The predicted octanol–water partition coefficient (Wildman–Crippen LogP) is 2.33. The molecule has 0 fully saturated rings. The molecule has 0 heterocycles. The number of hydrogen-bond donors (Lipinski definition) is 2. The summed E-state index contributed by atoms with van der Waals surface area (Å²) in [5.41, 5.74) is 12.3. The zero-order valence-corrected chi connectivity index (χ0v) is 10.1. The van der Waals surface area contributed by atoms with Crippen molar-refractivity contribution in [1.29, 1.82) is 0 Å². The van der Waals surface area contributed by atoms with E-state index in [0.29, 0.717) is 11.1 Å². The molecule has 0 atom stereocenters. The second-order valence-electron chi connectivity index (χ2n) is 4.06. The van der Waals surface area contributed by atoms with Gasteiger partial charge in [-0.25, -0.2) is 0 Å². The van der Waals surface area contributed by atoms with Gasteiger partial charge in [-0.2, -0.15) is 0 Å². The van der Waals surface area contributed by atoms with Crippen molar-refractivity contribution in [2.75, 3.05) is 11.5 Å². The lowest BCUT2D eigenvalue weighted by Gasteiger charge is -2.08. The third kappa shape index (κ3) is 2.34. The Balaban J connectivity index is 2.67. The molecule has 0 saturated carbocycles. The lowest BCUT2D eigenvalue weighted by molar-refractivity contribution is -0.385. The topological polar surface area (TPSA) is 138 Å². The fraction of sp³-hybridized carbons (Fsp3) is 0. The molecule has 0 bridgehead atoms. The molecule has 4 N–H and O–H groups in total. The number of nitro groups is 2. The van der Waals surface area contributed by atoms with Crippen LogP contribution < -0.4 is 11.5 Å². The number of benzene rings is 2. The first kappa shape index (κ1) is 13.3. The lowest BCUT2D eigenvalue weighted by Crippen LogP contribution is -1.98. The summed E-state index contributed by atoms with van der Waals surface area (Å²) in [5, 5.41) is 21.6. The van der Waals surface area contributed by atoms with Crippen molar-refractivity contribution in [3.8, 4) is 11.1 Å². The van der Waals surface area contributed by atoms with E-state index in [-0.39, 0.29) is 22.7 Å². The number of nitrogens with two attached hydrogens (primary N) is 2. The standard InChI is InChI=1S/C12H10N4O4/c13-11-3-1-7(15(17)18)5-9(11)10-6-8(16(19)20)2-4-12(10)14/h1-6H,13-14H2. The quantitative estimate of drug-likeness (QED) is 0.500. The van der Waals surface area contributed by atoms with E-state index in [1.54, 1.807) is 0 Å². The van der Waals surface area contributed by atoms with Crippen LogP contribution in [-0.4, -0.2) is 9.85 Å². The second kappa shape index (κ2) is 4.84. The number of rotatable bonds is 3. The monoisotopic (exact) mass is 274 g/mol. The summed E-state index contributed by atoms with van der Waals surface area (Å²) in [6.45, 7) is 0. The molecule has 2 aromatic rings. The molecular formula is C12H10N4O4. The minimum atomic E-state index is -0.573. The van der Waals surface area contributed by atoms with E-state index in [1.165, 1.54) is 36.4 Å². The van der Waals surface area contributed by atoms with E-state index >= 15 is 0 Å². The van der Waals surface area contributed by atoms with Gasteiger partial charge in [-0.05, 0) is 12.1 Å². The van der Waals surface area contributed by atoms with Crippen LogP contribution in [0.3, 0.4) is 0 Å². The average Bonchev–Trinajstić information content (AvgIpc) is 2.39. The van der Waals surface area contributed by atoms with Crippen LogP contribution in [0.2, 0.25) is 0 Å². The van der Waals surface area contributed by atoms with Gasteiger partial charge >= 0.3 is 0 Å². The van der Waals surface area contributed by atoms with Gasteiger partial charge in [0.25, 0.3) is 11.4 Å². The van der Waals surface area contributed by atoms with E-state index in [2.05, 4.69) is 0 Å². The maximum atomic E-state index is 10.8. The minimum Gasteiger partial charge on any atom is -0.398 e. The highest BCUT2D eigenvalue weighted by Crippen LogP contribution is 2.35. The lowest BCUT2D eigenvalue weighted by atomic mass is 10.0. The Bertz CT molecular complexity index is 653. The molecule has 0 aliphatic heterocycles. The Morgan fingerprint density at radius 2 is 1.10 bits per heavy atom. The SMILES string of the molecule is Nc1ccc([N+](=O)[O-])cc1-c1cc([N+](=O)[O-])ccc1N. The summed E-state index contributed by atoms with van der Waals surface area (Å²) in [5.74, 6) is 0. The van der Waals surface area contributed by atoms with Crippen molar-refractivity contribution in [2.24, 2.45) is 0 Å². The van der Waals surface area contributed by atoms with Gasteiger partial charge in [-0.3, -0.25) is 20.2 Å². The van der Waals surface area contributed by atoms with Gasteiger partial charge in [-0.1, -0.05) is 0 Å². The molecule has 2 rings (SSSR count). The zero-order valence-electron chi connectivity index (χ0n) is 10.1. The van der Waals surface area contributed by atoms with Gasteiger partial charge in [0.1, 0.15) is 0 Å². The Labute approximate surface area is 112 Å². The minimum absolute atomic E-state index is 0.167. The smallest absolute Gasteiger partial charge is 0.270 e. The van der Waals surface area contributed by atoms with Gasteiger partial charge in [0, 0.05) is 46.8 Å². The molecule has 2 aromatic carbocycles. The highest BCUT2D eigenvalue weighted by Gasteiger charge is 2.16. The Morgan fingerprint density at radius 1 is 0.750 bits per heavy atom. The van der Waals surface area contributed by atoms with Crippen LogP contribution in [0.1, 0.15) is 0 Å². The summed E-state index contributed by atoms with van der Waals surface area (Å²) in [7, 11) is 0. The van der Waals surface area contributed by atoms with Crippen LogP contribution in [0.15, 0.2) is 36.4 Å². The summed E-state index contributed by atoms with van der Waals surface area (Å²) in [6, 6.07) is 7.73. The van der Waals surface area contributed by atoms with Gasteiger partial charge in [0.2, 0.25) is 0 Å². The summed E-state index contributed by atoms with van der Waals surface area (Å²) in [4.78, 5) is 20.4.